The molecule has 1 amide bonds. The maximum absolute atomic E-state index is 12.0. The summed E-state index contributed by atoms with van der Waals surface area (Å²) in [5.74, 6) is -0.188. The van der Waals surface area contributed by atoms with Crippen molar-refractivity contribution in [3.8, 4) is 0 Å². The Balaban J connectivity index is 2.10. The van der Waals surface area contributed by atoms with Gasteiger partial charge in [0, 0.05) is 12.5 Å². The van der Waals surface area contributed by atoms with Crippen LogP contribution in [0.1, 0.15) is 32.3 Å². The molecule has 0 radical (unpaired) electrons. The van der Waals surface area contributed by atoms with Crippen molar-refractivity contribution in [3.05, 3.63) is 33.8 Å². The fourth-order valence-electron chi connectivity index (χ4n) is 2.33. The van der Waals surface area contributed by atoms with Gasteiger partial charge >= 0.3 is 6.09 Å². The zero-order valence-corrected chi connectivity index (χ0v) is 13.8. The topological polar surface area (TPSA) is 49.8 Å². The number of carbonyl (C=O) groups is 1. The third-order valence-corrected chi connectivity index (χ3v) is 4.05. The molecule has 0 aromatic heterocycles. The molecule has 6 heteroatoms. The van der Waals surface area contributed by atoms with Crippen molar-refractivity contribution in [2.45, 2.75) is 38.4 Å². The second kappa shape index (κ2) is 6.03. The molecule has 21 heavy (non-hydrogen) atoms. The minimum absolute atomic E-state index is 0.188. The first-order valence-corrected chi connectivity index (χ1v) is 7.54. The zero-order valence-electron chi connectivity index (χ0n) is 12.3. The molecule has 2 rings (SSSR count). The maximum Gasteiger partial charge on any atom is 0.410 e. The van der Waals surface area contributed by atoms with Gasteiger partial charge in [-0.05, 0) is 38.5 Å². The molecule has 0 aliphatic carbocycles. The Kier molecular flexibility index (Phi) is 4.71. The number of hydrogen-bond donors (Lipinski definition) is 1. The SMILES string of the molecule is CC(C)(C)OC(=O)N1CC(O)C(c2ccc(Cl)c(Cl)c2)C1. The second-order valence-electron chi connectivity index (χ2n) is 6.23. The molecule has 1 aliphatic heterocycles. The molecule has 1 N–H and O–H groups in total. The lowest BCUT2D eigenvalue weighted by molar-refractivity contribution is 0.0270. The molecule has 1 saturated heterocycles. The quantitative estimate of drug-likeness (QED) is 0.853. The lowest BCUT2D eigenvalue weighted by Crippen LogP contribution is -2.35. The summed E-state index contributed by atoms with van der Waals surface area (Å²) >= 11 is 11.9. The smallest absolute Gasteiger partial charge is 0.410 e. The number of amides is 1. The van der Waals surface area contributed by atoms with Gasteiger partial charge in [-0.25, -0.2) is 4.79 Å². The summed E-state index contributed by atoms with van der Waals surface area (Å²) < 4.78 is 5.33. The van der Waals surface area contributed by atoms with E-state index in [1.54, 1.807) is 12.1 Å². The lowest BCUT2D eigenvalue weighted by atomic mass is 9.96. The van der Waals surface area contributed by atoms with E-state index >= 15 is 0 Å². The van der Waals surface area contributed by atoms with Crippen molar-refractivity contribution in [1.82, 2.24) is 4.90 Å². The largest absolute Gasteiger partial charge is 0.444 e. The number of aliphatic hydroxyl groups excluding tert-OH is 1. The normalized spacial score (nSPS) is 22.5. The van der Waals surface area contributed by atoms with Crippen LogP contribution in [-0.2, 0) is 4.74 Å². The van der Waals surface area contributed by atoms with Gasteiger partial charge in [0.05, 0.1) is 22.7 Å². The van der Waals surface area contributed by atoms with Gasteiger partial charge in [-0.15, -0.1) is 0 Å². The molecule has 1 aromatic carbocycles. The van der Waals surface area contributed by atoms with Crippen LogP contribution in [0.4, 0.5) is 4.79 Å². The highest BCUT2D eigenvalue weighted by molar-refractivity contribution is 6.42. The molecule has 0 spiro atoms. The van der Waals surface area contributed by atoms with Crippen LogP contribution in [-0.4, -0.2) is 40.9 Å². The molecule has 0 saturated carbocycles. The number of likely N-dealkylation sites (tertiary alicyclic amines) is 1. The number of ether oxygens (including phenoxy) is 1. The van der Waals surface area contributed by atoms with E-state index < -0.39 is 17.8 Å². The number of halogens is 2. The summed E-state index contributed by atoms with van der Waals surface area (Å²) in [7, 11) is 0. The zero-order chi connectivity index (χ0) is 15.8. The van der Waals surface area contributed by atoms with E-state index in [-0.39, 0.29) is 12.5 Å². The number of nitrogens with zero attached hydrogens (tertiary/aromatic N) is 1. The Labute approximate surface area is 134 Å². The van der Waals surface area contributed by atoms with Gasteiger partial charge in [0.25, 0.3) is 0 Å². The van der Waals surface area contributed by atoms with E-state index in [4.69, 9.17) is 27.9 Å². The molecule has 116 valence electrons. The first-order chi connectivity index (χ1) is 9.67. The minimum Gasteiger partial charge on any atom is -0.444 e. The van der Waals surface area contributed by atoms with E-state index in [2.05, 4.69) is 0 Å². The summed E-state index contributed by atoms with van der Waals surface area (Å²) in [4.78, 5) is 13.6. The minimum atomic E-state index is -0.644. The molecular weight excluding hydrogens is 313 g/mol. The number of aliphatic hydroxyl groups is 1. The highest BCUT2D eigenvalue weighted by atomic mass is 35.5. The number of rotatable bonds is 1. The molecule has 1 aromatic rings. The Hall–Kier alpha value is -0.970. The van der Waals surface area contributed by atoms with E-state index in [0.29, 0.717) is 16.6 Å². The molecule has 0 bridgehead atoms. The van der Waals surface area contributed by atoms with E-state index in [9.17, 15) is 9.90 Å². The summed E-state index contributed by atoms with van der Waals surface area (Å²) in [6.45, 7) is 6.09. The van der Waals surface area contributed by atoms with Crippen LogP contribution in [0.2, 0.25) is 10.0 Å². The van der Waals surface area contributed by atoms with Crippen molar-refractivity contribution in [3.63, 3.8) is 0 Å². The van der Waals surface area contributed by atoms with Gasteiger partial charge in [0.15, 0.2) is 0 Å². The summed E-state index contributed by atoms with van der Waals surface area (Å²) in [6, 6.07) is 5.25. The second-order valence-corrected chi connectivity index (χ2v) is 7.05. The van der Waals surface area contributed by atoms with Crippen LogP contribution in [0, 0.1) is 0 Å². The summed E-state index contributed by atoms with van der Waals surface area (Å²) in [5, 5.41) is 11.1. The maximum atomic E-state index is 12.0. The van der Waals surface area contributed by atoms with Crippen molar-refractivity contribution >= 4 is 29.3 Å². The Morgan fingerprint density at radius 2 is 1.95 bits per heavy atom. The molecule has 1 fully saturated rings. The highest BCUT2D eigenvalue weighted by Crippen LogP contribution is 2.32. The molecule has 1 aliphatic rings. The number of benzene rings is 1. The lowest BCUT2D eigenvalue weighted by Gasteiger charge is -2.24. The van der Waals surface area contributed by atoms with Gasteiger partial charge in [-0.2, -0.15) is 0 Å². The average molecular weight is 332 g/mol. The molecule has 2 atom stereocenters. The third-order valence-electron chi connectivity index (χ3n) is 3.31. The Morgan fingerprint density at radius 3 is 2.52 bits per heavy atom. The van der Waals surface area contributed by atoms with Gasteiger partial charge in [-0.3, -0.25) is 0 Å². The number of hydrogen-bond acceptors (Lipinski definition) is 3. The van der Waals surface area contributed by atoms with E-state index in [0.717, 1.165) is 5.56 Å². The number of β-amino-alcohol motifs (C(OH)–C–C–N with tert-alkyl or cyclic N) is 1. The van der Waals surface area contributed by atoms with Crippen LogP contribution in [0.3, 0.4) is 0 Å². The van der Waals surface area contributed by atoms with Crippen molar-refractivity contribution in [2.75, 3.05) is 13.1 Å². The summed E-state index contributed by atoms with van der Waals surface area (Å²) in [5.41, 5.74) is 0.312. The average Bonchev–Trinajstić information content (AvgIpc) is 2.73. The fraction of sp³-hybridized carbons (Fsp3) is 0.533. The van der Waals surface area contributed by atoms with E-state index in [1.165, 1.54) is 4.90 Å². The number of carbonyl (C=O) groups excluding carboxylic acids is 1. The van der Waals surface area contributed by atoms with Crippen LogP contribution in [0.15, 0.2) is 18.2 Å². The van der Waals surface area contributed by atoms with Crippen molar-refractivity contribution < 1.29 is 14.6 Å². The Morgan fingerprint density at radius 1 is 1.29 bits per heavy atom. The monoisotopic (exact) mass is 331 g/mol. The van der Waals surface area contributed by atoms with Crippen molar-refractivity contribution in [2.24, 2.45) is 0 Å². The fourth-order valence-corrected chi connectivity index (χ4v) is 2.64. The van der Waals surface area contributed by atoms with Gasteiger partial charge in [0.1, 0.15) is 5.60 Å². The predicted octanol–water partition coefficient (Wildman–Crippen LogP) is 3.69. The molecule has 4 nitrogen and oxygen atoms in total. The molecule has 1 heterocycles. The van der Waals surface area contributed by atoms with Crippen LogP contribution in [0.5, 0.6) is 0 Å². The standard InChI is InChI=1S/C15H19Cl2NO3/c1-15(2,3)21-14(20)18-7-10(13(19)8-18)9-4-5-11(16)12(17)6-9/h4-6,10,13,19H,7-8H2,1-3H3. The van der Waals surface area contributed by atoms with E-state index in [1.807, 2.05) is 26.8 Å². The van der Waals surface area contributed by atoms with Crippen LogP contribution in [0.25, 0.3) is 0 Å². The van der Waals surface area contributed by atoms with Crippen molar-refractivity contribution in [1.29, 1.82) is 0 Å². The highest BCUT2D eigenvalue weighted by Gasteiger charge is 2.37. The third kappa shape index (κ3) is 4.02. The Bertz CT molecular complexity index is 542. The predicted molar refractivity (Wildman–Crippen MR) is 83.0 cm³/mol. The van der Waals surface area contributed by atoms with Gasteiger partial charge < -0.3 is 14.7 Å². The first kappa shape index (κ1) is 16.4. The van der Waals surface area contributed by atoms with Crippen LogP contribution < -0.4 is 0 Å². The van der Waals surface area contributed by atoms with Gasteiger partial charge in [0.2, 0.25) is 0 Å². The van der Waals surface area contributed by atoms with Gasteiger partial charge in [-0.1, -0.05) is 29.3 Å². The molecular formula is C15H19Cl2NO3. The molecule has 2 unspecified atom stereocenters. The van der Waals surface area contributed by atoms with Crippen LogP contribution >= 0.6 is 23.2 Å². The summed E-state index contributed by atoms with van der Waals surface area (Å²) in [6.07, 6.45) is -1.06. The first-order valence-electron chi connectivity index (χ1n) is 6.78.